The summed E-state index contributed by atoms with van der Waals surface area (Å²) in [6, 6.07) is 3.52. The highest BCUT2D eigenvalue weighted by Gasteiger charge is 2.49. The summed E-state index contributed by atoms with van der Waals surface area (Å²) in [5.41, 5.74) is -0.448. The van der Waals surface area contributed by atoms with E-state index in [0.29, 0.717) is 30.7 Å². The van der Waals surface area contributed by atoms with Crippen molar-refractivity contribution < 1.29 is 33.8 Å². The van der Waals surface area contributed by atoms with E-state index in [2.05, 4.69) is 20.6 Å². The highest BCUT2D eigenvalue weighted by molar-refractivity contribution is 7.09. The van der Waals surface area contributed by atoms with Crippen LogP contribution in [-0.4, -0.2) is 74.8 Å². The summed E-state index contributed by atoms with van der Waals surface area (Å²) >= 11 is 1.17. The molecule has 2 aromatic rings. The van der Waals surface area contributed by atoms with E-state index in [1.54, 1.807) is 35.5 Å². The van der Waals surface area contributed by atoms with Gasteiger partial charge in [-0.25, -0.2) is 4.98 Å². The molecule has 3 rings (SSSR count). The van der Waals surface area contributed by atoms with E-state index >= 15 is 0 Å². The van der Waals surface area contributed by atoms with Gasteiger partial charge < -0.3 is 25.4 Å². The number of carboxylic acid groups (broad SMARTS) is 1. The van der Waals surface area contributed by atoms with Gasteiger partial charge in [0, 0.05) is 44.1 Å². The van der Waals surface area contributed by atoms with Crippen molar-refractivity contribution in [3.63, 3.8) is 0 Å². The molecule has 1 aliphatic rings. The average Bonchev–Trinajstić information content (AvgIpc) is 3.49. The number of hydrogen-bond acceptors (Lipinski definition) is 9. The summed E-state index contributed by atoms with van der Waals surface area (Å²) < 4.78 is 5.67. The van der Waals surface area contributed by atoms with E-state index in [0.717, 1.165) is 0 Å². The highest BCUT2D eigenvalue weighted by Crippen LogP contribution is 2.44. The summed E-state index contributed by atoms with van der Waals surface area (Å²) in [6.07, 6.45) is 2.75. The maximum absolute atomic E-state index is 13.9. The summed E-state index contributed by atoms with van der Waals surface area (Å²) in [5.74, 6) is -2.76. The zero-order chi connectivity index (χ0) is 33.5. The van der Waals surface area contributed by atoms with Crippen molar-refractivity contribution in [2.24, 2.45) is 17.3 Å². The molecular weight excluding hydrogens is 598 g/mol. The Hall–Kier alpha value is -3.87. The Balaban J connectivity index is 1.77. The molecule has 45 heavy (non-hydrogen) atoms. The van der Waals surface area contributed by atoms with Gasteiger partial charge in [-0.2, -0.15) is 0 Å². The summed E-state index contributed by atoms with van der Waals surface area (Å²) in [7, 11) is 1.67. The van der Waals surface area contributed by atoms with Crippen molar-refractivity contribution in [1.29, 1.82) is 0 Å². The van der Waals surface area contributed by atoms with Crippen molar-refractivity contribution in [3.8, 4) is 0 Å². The van der Waals surface area contributed by atoms with E-state index in [4.69, 9.17) is 4.74 Å². The van der Waals surface area contributed by atoms with Crippen LogP contribution in [0.25, 0.3) is 0 Å². The Labute approximate surface area is 268 Å². The third kappa shape index (κ3) is 8.65. The number of pyridine rings is 1. The lowest BCUT2D eigenvalue weighted by atomic mass is 9.64. The van der Waals surface area contributed by atoms with Gasteiger partial charge in [-0.1, -0.05) is 47.1 Å². The molecule has 0 radical (unpaired) electrons. The molecule has 2 heterocycles. The van der Waals surface area contributed by atoms with Crippen LogP contribution < -0.4 is 10.6 Å². The first kappa shape index (κ1) is 35.6. The summed E-state index contributed by atoms with van der Waals surface area (Å²) in [6.45, 7) is 10.9. The molecule has 0 bridgehead atoms. The number of hydrogen-bond donors (Lipinski definition) is 3. The molecule has 3 amide bonds. The van der Waals surface area contributed by atoms with Crippen LogP contribution in [0, 0.1) is 17.3 Å². The smallest absolute Gasteiger partial charge is 0.309 e. The summed E-state index contributed by atoms with van der Waals surface area (Å²) in [4.78, 5) is 73.7. The molecule has 0 spiro atoms. The largest absolute Gasteiger partial charge is 0.481 e. The minimum absolute atomic E-state index is 0.0597. The van der Waals surface area contributed by atoms with E-state index in [-0.39, 0.29) is 41.6 Å². The molecule has 3 N–H and O–H groups in total. The maximum Gasteiger partial charge on any atom is 0.309 e. The molecule has 1 aliphatic carbocycles. The van der Waals surface area contributed by atoms with Crippen molar-refractivity contribution in [2.45, 2.75) is 97.9 Å². The topological polar surface area (TPSA) is 168 Å². The number of thiazole rings is 1. The molecule has 4 atom stereocenters. The lowest BCUT2D eigenvalue weighted by Crippen LogP contribution is -2.54. The molecule has 0 aliphatic heterocycles. The predicted molar refractivity (Wildman–Crippen MR) is 168 cm³/mol. The molecule has 246 valence electrons. The monoisotopic (exact) mass is 643 g/mol. The van der Waals surface area contributed by atoms with Gasteiger partial charge in [0.2, 0.25) is 5.91 Å². The number of carboxylic acids is 1. The number of likely N-dealkylation sites (N-methyl/N-ethyl adjacent to an activating group) is 1. The molecule has 2 aromatic heterocycles. The van der Waals surface area contributed by atoms with Gasteiger partial charge in [0.05, 0.1) is 5.41 Å². The Morgan fingerprint density at radius 3 is 2.33 bits per heavy atom. The van der Waals surface area contributed by atoms with Crippen LogP contribution in [-0.2, 0) is 19.1 Å². The molecule has 12 nitrogen and oxygen atoms in total. The van der Waals surface area contributed by atoms with Crippen LogP contribution >= 0.6 is 11.3 Å². The standard InChI is InChI=1S/C32H45N5O7S/c1-8-19(5)26(36-27(39)22-12-10-11-13-33-22)30(41)37(7)24(18(3)4)14-25(44-20(6)38)29-35-23(17-45-29)28(40)34-21-15-32(9-2,16-21)31(42)43/h10-13,17-19,21,24-26H,8-9,14-16H2,1-7H3,(H,34,40)(H,36,39)(H,42,43)/t19-,21?,24+,25+,26-,32?/m0/s1. The first-order valence-corrected chi connectivity index (χ1v) is 16.3. The molecule has 1 saturated carbocycles. The quantitative estimate of drug-likeness (QED) is 0.241. The second-order valence-corrected chi connectivity index (χ2v) is 13.1. The van der Waals surface area contributed by atoms with Crippen LogP contribution in [0.1, 0.15) is 106 Å². The van der Waals surface area contributed by atoms with Crippen molar-refractivity contribution in [2.75, 3.05) is 7.05 Å². The second kappa shape index (κ2) is 15.4. The van der Waals surface area contributed by atoms with E-state index in [1.165, 1.54) is 24.5 Å². The molecule has 13 heteroatoms. The Kier molecular flexibility index (Phi) is 12.2. The van der Waals surface area contributed by atoms with Crippen LogP contribution in [0.2, 0.25) is 0 Å². The number of aromatic nitrogens is 2. The first-order chi connectivity index (χ1) is 21.2. The minimum atomic E-state index is -0.857. The highest BCUT2D eigenvalue weighted by atomic mass is 32.1. The van der Waals surface area contributed by atoms with Crippen molar-refractivity contribution in [3.05, 3.63) is 46.2 Å². The number of rotatable bonds is 15. The number of amides is 3. The number of nitrogens with zero attached hydrogens (tertiary/aromatic N) is 3. The summed E-state index contributed by atoms with van der Waals surface area (Å²) in [5, 5.41) is 17.2. The lowest BCUT2D eigenvalue weighted by molar-refractivity contribution is -0.156. The zero-order valence-corrected chi connectivity index (χ0v) is 27.8. The van der Waals surface area contributed by atoms with Gasteiger partial charge in [-0.3, -0.25) is 29.0 Å². The van der Waals surface area contributed by atoms with Gasteiger partial charge in [0.1, 0.15) is 22.4 Å². The third-order valence-corrected chi connectivity index (χ3v) is 9.75. The maximum atomic E-state index is 13.9. The average molecular weight is 644 g/mol. The van der Waals surface area contributed by atoms with Gasteiger partial charge >= 0.3 is 11.9 Å². The third-order valence-electron chi connectivity index (χ3n) is 8.81. The number of carbonyl (C=O) groups is 5. The van der Waals surface area contributed by atoms with E-state index in [9.17, 15) is 29.1 Å². The molecule has 0 unspecified atom stereocenters. The van der Waals surface area contributed by atoms with Gasteiger partial charge in [0.15, 0.2) is 6.10 Å². The Bertz CT molecular complexity index is 1360. The fourth-order valence-electron chi connectivity index (χ4n) is 5.67. The van der Waals surface area contributed by atoms with E-state index < -0.39 is 47.4 Å². The van der Waals surface area contributed by atoms with E-state index in [1.807, 2.05) is 34.6 Å². The van der Waals surface area contributed by atoms with Gasteiger partial charge in [0.25, 0.3) is 11.8 Å². The SMILES string of the molecule is CC[C@H](C)[C@H](NC(=O)c1ccccn1)C(=O)N(C)[C@H](C[C@@H](OC(C)=O)c1nc(C(=O)NC2CC(CC)(C(=O)O)C2)cs1)C(C)C. The van der Waals surface area contributed by atoms with Crippen LogP contribution in [0.3, 0.4) is 0 Å². The Morgan fingerprint density at radius 2 is 1.80 bits per heavy atom. The van der Waals surface area contributed by atoms with Gasteiger partial charge in [-0.05, 0) is 43.2 Å². The normalized spacial score (nSPS) is 20.2. The number of esters is 1. The fourth-order valence-corrected chi connectivity index (χ4v) is 6.51. The van der Waals surface area contributed by atoms with Crippen LogP contribution in [0.5, 0.6) is 0 Å². The lowest BCUT2D eigenvalue weighted by Gasteiger charge is -2.44. The number of aliphatic carboxylic acids is 1. The van der Waals surface area contributed by atoms with Crippen LogP contribution in [0.15, 0.2) is 29.8 Å². The predicted octanol–water partition coefficient (Wildman–Crippen LogP) is 4.23. The molecular formula is C32H45N5O7S. The number of carbonyl (C=O) groups excluding carboxylic acids is 4. The fraction of sp³-hybridized carbons (Fsp3) is 0.594. The van der Waals surface area contributed by atoms with Crippen LogP contribution in [0.4, 0.5) is 0 Å². The number of ether oxygens (including phenoxy) is 1. The molecule has 1 fully saturated rings. The molecule has 0 saturated heterocycles. The second-order valence-electron chi connectivity index (χ2n) is 12.2. The van der Waals surface area contributed by atoms with Gasteiger partial charge in [-0.15, -0.1) is 11.3 Å². The Morgan fingerprint density at radius 1 is 1.11 bits per heavy atom. The van der Waals surface area contributed by atoms with Crippen molar-refractivity contribution in [1.82, 2.24) is 25.5 Å². The van der Waals surface area contributed by atoms with Crippen molar-refractivity contribution >= 4 is 41.0 Å². The zero-order valence-electron chi connectivity index (χ0n) is 27.0. The number of nitrogens with one attached hydrogen (secondary N) is 2. The first-order valence-electron chi connectivity index (χ1n) is 15.4. The minimum Gasteiger partial charge on any atom is -0.481 e. The molecule has 0 aromatic carbocycles.